The van der Waals surface area contributed by atoms with Crippen molar-refractivity contribution in [1.82, 2.24) is 5.01 Å². The number of ether oxygens (including phenoxy) is 3. The lowest BCUT2D eigenvalue weighted by atomic mass is 9.99. The Labute approximate surface area is 177 Å². The van der Waals surface area contributed by atoms with E-state index in [0.29, 0.717) is 18.1 Å². The molecule has 0 saturated carbocycles. The summed E-state index contributed by atoms with van der Waals surface area (Å²) in [5.41, 5.74) is 4.23. The van der Waals surface area contributed by atoms with E-state index in [4.69, 9.17) is 19.2 Å². The number of aliphatic imine (C=N–C) groups is 1. The largest absolute Gasteiger partial charge is 0.494 e. The van der Waals surface area contributed by atoms with Crippen molar-refractivity contribution in [1.29, 1.82) is 0 Å². The Bertz CT molecular complexity index is 1020. The molecule has 0 radical (unpaired) electrons. The van der Waals surface area contributed by atoms with Crippen LogP contribution in [-0.2, 0) is 0 Å². The van der Waals surface area contributed by atoms with Crippen LogP contribution in [0.15, 0.2) is 65.6 Å². The highest BCUT2D eigenvalue weighted by atomic mass is 16.5. The molecule has 0 aliphatic carbocycles. The van der Waals surface area contributed by atoms with Gasteiger partial charge >= 0.3 is 0 Å². The van der Waals surface area contributed by atoms with Crippen LogP contribution in [0.25, 0.3) is 5.57 Å². The summed E-state index contributed by atoms with van der Waals surface area (Å²) in [7, 11) is 3.30. The molecule has 4 rings (SSSR count). The van der Waals surface area contributed by atoms with Crippen molar-refractivity contribution in [2.45, 2.75) is 26.8 Å². The number of methoxy groups -OCH3 is 2. The molecule has 1 atom stereocenters. The van der Waals surface area contributed by atoms with Gasteiger partial charge in [-0.15, -0.1) is 0 Å². The lowest BCUT2D eigenvalue weighted by Crippen LogP contribution is -2.39. The summed E-state index contributed by atoms with van der Waals surface area (Å²) in [5, 5.41) is 4.35. The molecule has 0 amide bonds. The smallest absolute Gasteiger partial charge is 0.161 e. The third kappa shape index (κ3) is 3.38. The van der Waals surface area contributed by atoms with Gasteiger partial charge in [0, 0.05) is 17.5 Å². The minimum atomic E-state index is 0.0651. The van der Waals surface area contributed by atoms with Gasteiger partial charge in [0.1, 0.15) is 5.75 Å². The van der Waals surface area contributed by atoms with Crippen LogP contribution in [0.5, 0.6) is 17.2 Å². The molecule has 2 aliphatic heterocycles. The van der Waals surface area contributed by atoms with Crippen molar-refractivity contribution in [3.63, 3.8) is 0 Å². The molecule has 2 heterocycles. The molecule has 2 aliphatic rings. The Balaban J connectivity index is 1.78. The molecular formula is C24H27N3O3. The van der Waals surface area contributed by atoms with Crippen molar-refractivity contribution < 1.29 is 14.2 Å². The zero-order valence-electron chi connectivity index (χ0n) is 18.0. The van der Waals surface area contributed by atoms with Crippen LogP contribution >= 0.6 is 0 Å². The van der Waals surface area contributed by atoms with E-state index in [9.17, 15) is 0 Å². The van der Waals surface area contributed by atoms with Crippen molar-refractivity contribution in [3.05, 3.63) is 66.1 Å². The van der Waals surface area contributed by atoms with Gasteiger partial charge in [0.2, 0.25) is 0 Å². The van der Waals surface area contributed by atoms with E-state index < -0.39 is 0 Å². The minimum absolute atomic E-state index is 0.0651. The van der Waals surface area contributed by atoms with E-state index >= 15 is 0 Å². The van der Waals surface area contributed by atoms with E-state index in [2.05, 4.69) is 41.3 Å². The Hall–Kier alpha value is -3.41. The van der Waals surface area contributed by atoms with Gasteiger partial charge in [0.15, 0.2) is 17.3 Å². The second kappa shape index (κ2) is 8.14. The van der Waals surface area contributed by atoms with Crippen molar-refractivity contribution >= 4 is 17.0 Å². The normalized spacial score (nSPS) is 17.8. The Morgan fingerprint density at radius 2 is 1.73 bits per heavy atom. The molecule has 156 valence electrons. The van der Waals surface area contributed by atoms with Crippen LogP contribution in [0.3, 0.4) is 0 Å². The second-order valence-corrected chi connectivity index (χ2v) is 7.17. The summed E-state index contributed by atoms with van der Waals surface area (Å²) in [4.78, 5) is 4.87. The van der Waals surface area contributed by atoms with E-state index in [-0.39, 0.29) is 6.04 Å². The van der Waals surface area contributed by atoms with Crippen LogP contribution in [0, 0.1) is 0 Å². The third-order valence-corrected chi connectivity index (χ3v) is 5.32. The maximum Gasteiger partial charge on any atom is 0.161 e. The van der Waals surface area contributed by atoms with Gasteiger partial charge in [-0.25, -0.2) is 10.0 Å². The summed E-state index contributed by atoms with van der Waals surface area (Å²) in [6.07, 6.45) is 4.09. The molecule has 6 nitrogen and oxygen atoms in total. The molecule has 0 fully saturated rings. The Morgan fingerprint density at radius 3 is 2.40 bits per heavy atom. The molecule has 30 heavy (non-hydrogen) atoms. The lowest BCUT2D eigenvalue weighted by molar-refractivity contribution is 0.340. The summed E-state index contributed by atoms with van der Waals surface area (Å²) >= 11 is 0. The van der Waals surface area contributed by atoms with Crippen LogP contribution in [0.1, 0.15) is 26.3 Å². The predicted octanol–water partition coefficient (Wildman–Crippen LogP) is 4.89. The fourth-order valence-corrected chi connectivity index (χ4v) is 3.94. The predicted molar refractivity (Wildman–Crippen MR) is 120 cm³/mol. The molecule has 0 bridgehead atoms. The maximum absolute atomic E-state index is 5.60. The van der Waals surface area contributed by atoms with E-state index in [1.54, 1.807) is 14.2 Å². The highest BCUT2D eigenvalue weighted by molar-refractivity contribution is 5.96. The molecule has 6 heteroatoms. The molecule has 2 aromatic rings. The van der Waals surface area contributed by atoms with Gasteiger partial charge in [0.05, 0.1) is 32.6 Å². The molecule has 0 spiro atoms. The standard InChI is InChI=1S/C24H27N3O3/c1-6-30-20-10-8-19(9-11-20)27-17(3)23(24-25-16(2)13-14-26(24)27)18-7-12-21(28-4)22(15-18)29-5/h7-15,17H,6H2,1-5H3. The number of benzene rings is 2. The van der Waals surface area contributed by atoms with Gasteiger partial charge in [-0.3, -0.25) is 5.01 Å². The molecule has 0 aromatic heterocycles. The fraction of sp³-hybridized carbons (Fsp3) is 0.292. The quantitative estimate of drug-likeness (QED) is 0.685. The average molecular weight is 405 g/mol. The highest BCUT2D eigenvalue weighted by Crippen LogP contribution is 2.43. The number of nitrogens with zero attached hydrogens (tertiary/aromatic N) is 3. The fourth-order valence-electron chi connectivity index (χ4n) is 3.94. The van der Waals surface area contributed by atoms with Crippen LogP contribution in [-0.4, -0.2) is 37.6 Å². The summed E-state index contributed by atoms with van der Waals surface area (Å²) in [5.74, 6) is 3.20. The highest BCUT2D eigenvalue weighted by Gasteiger charge is 2.37. The monoisotopic (exact) mass is 405 g/mol. The number of allylic oxidation sites excluding steroid dienone is 1. The summed E-state index contributed by atoms with van der Waals surface area (Å²) in [6.45, 7) is 6.84. The first-order chi connectivity index (χ1) is 14.6. The van der Waals surface area contributed by atoms with Crippen molar-refractivity contribution in [2.75, 3.05) is 25.8 Å². The molecule has 0 N–H and O–H groups in total. The number of hydrogen-bond donors (Lipinski definition) is 0. The summed E-state index contributed by atoms with van der Waals surface area (Å²) in [6, 6.07) is 14.2. The third-order valence-electron chi connectivity index (χ3n) is 5.32. The number of rotatable bonds is 6. The number of anilines is 1. The number of hydrogen-bond acceptors (Lipinski definition) is 6. The average Bonchev–Trinajstić information content (AvgIpc) is 3.05. The second-order valence-electron chi connectivity index (χ2n) is 7.17. The Kier molecular flexibility index (Phi) is 5.40. The topological polar surface area (TPSA) is 46.5 Å². The zero-order valence-corrected chi connectivity index (χ0v) is 18.0. The van der Waals surface area contributed by atoms with Gasteiger partial charge in [-0.1, -0.05) is 6.07 Å². The van der Waals surface area contributed by atoms with Crippen molar-refractivity contribution in [2.24, 2.45) is 4.99 Å². The zero-order chi connectivity index (χ0) is 21.3. The van der Waals surface area contributed by atoms with Gasteiger partial charge < -0.3 is 14.2 Å². The molecular weight excluding hydrogens is 378 g/mol. The Morgan fingerprint density at radius 1 is 1.00 bits per heavy atom. The molecule has 0 saturated heterocycles. The number of hydrazine groups is 1. The van der Waals surface area contributed by atoms with E-state index in [0.717, 1.165) is 34.1 Å². The van der Waals surface area contributed by atoms with Crippen LogP contribution < -0.4 is 19.2 Å². The first-order valence-electron chi connectivity index (χ1n) is 10.1. The van der Waals surface area contributed by atoms with Gasteiger partial charge in [0.25, 0.3) is 0 Å². The van der Waals surface area contributed by atoms with Crippen LogP contribution in [0.2, 0.25) is 0 Å². The van der Waals surface area contributed by atoms with Crippen LogP contribution in [0.4, 0.5) is 5.69 Å². The van der Waals surface area contributed by atoms with Crippen molar-refractivity contribution in [3.8, 4) is 17.2 Å². The first kappa shape index (κ1) is 19.9. The molecule has 2 aromatic carbocycles. The van der Waals surface area contributed by atoms with Gasteiger partial charge in [-0.2, -0.15) is 0 Å². The van der Waals surface area contributed by atoms with E-state index in [1.165, 1.54) is 0 Å². The SMILES string of the molecule is CCOc1ccc(N2C(C)C(c3ccc(OC)c(OC)c3)=C3N=C(C)C=CN32)cc1. The summed E-state index contributed by atoms with van der Waals surface area (Å²) < 4.78 is 16.6. The maximum atomic E-state index is 5.60. The van der Waals surface area contributed by atoms with Gasteiger partial charge in [-0.05, 0) is 68.8 Å². The first-order valence-corrected chi connectivity index (χ1v) is 10.1. The lowest BCUT2D eigenvalue weighted by Gasteiger charge is -2.34. The van der Waals surface area contributed by atoms with E-state index in [1.807, 2.05) is 44.2 Å². The minimum Gasteiger partial charge on any atom is -0.494 e. The molecule has 1 unspecified atom stereocenters. The number of fused-ring (bicyclic) bond motifs is 1.